The first-order valence-electron chi connectivity index (χ1n) is 8.41. The molecular formula is C18H28N2O5S. The number of hydrogen-bond donors (Lipinski definition) is 5. The van der Waals surface area contributed by atoms with Crippen LogP contribution in [0.25, 0.3) is 0 Å². The monoisotopic (exact) mass is 384 g/mol. The molecule has 0 spiro atoms. The van der Waals surface area contributed by atoms with Gasteiger partial charge in [-0.3, -0.25) is 9.59 Å². The van der Waals surface area contributed by atoms with Crippen LogP contribution in [-0.4, -0.2) is 64.3 Å². The molecule has 0 bridgehead atoms. The van der Waals surface area contributed by atoms with Crippen LogP contribution in [0.2, 0.25) is 0 Å². The highest BCUT2D eigenvalue weighted by Crippen LogP contribution is 2.22. The molecule has 0 aliphatic carbocycles. The molecule has 1 unspecified atom stereocenters. The van der Waals surface area contributed by atoms with Crippen LogP contribution in [0.5, 0.6) is 0 Å². The minimum Gasteiger partial charge on any atom is -0.394 e. The molecule has 0 aliphatic rings. The lowest BCUT2D eigenvalue weighted by molar-refractivity contribution is -0.130. The summed E-state index contributed by atoms with van der Waals surface area (Å²) < 4.78 is 0. The third-order valence-electron chi connectivity index (χ3n) is 3.95. The van der Waals surface area contributed by atoms with Gasteiger partial charge in [-0.1, -0.05) is 26.0 Å². The van der Waals surface area contributed by atoms with Gasteiger partial charge >= 0.3 is 0 Å². The minimum atomic E-state index is -1.53. The Morgan fingerprint density at radius 2 is 1.62 bits per heavy atom. The topological polar surface area (TPSA) is 119 Å². The van der Waals surface area contributed by atoms with E-state index in [-0.39, 0.29) is 11.7 Å². The Morgan fingerprint density at radius 1 is 1.08 bits per heavy atom. The number of nitrogens with one attached hydrogen (secondary N) is 2. The average molecular weight is 384 g/mol. The Hall–Kier alpha value is -1.61. The van der Waals surface area contributed by atoms with E-state index in [1.54, 1.807) is 0 Å². The van der Waals surface area contributed by atoms with Crippen LogP contribution >= 0.6 is 11.8 Å². The van der Waals surface area contributed by atoms with Crippen molar-refractivity contribution in [1.82, 2.24) is 10.6 Å². The molecule has 146 valence electrons. The molecule has 2 amide bonds. The summed E-state index contributed by atoms with van der Waals surface area (Å²) in [6.07, 6.45) is 0. The van der Waals surface area contributed by atoms with Gasteiger partial charge in [-0.2, -0.15) is 0 Å². The van der Waals surface area contributed by atoms with Gasteiger partial charge in [-0.25, -0.2) is 0 Å². The lowest BCUT2D eigenvalue weighted by atomic mass is 10.0. The van der Waals surface area contributed by atoms with Crippen molar-refractivity contribution >= 4 is 23.6 Å². The Labute approximate surface area is 158 Å². The van der Waals surface area contributed by atoms with E-state index in [0.717, 1.165) is 4.90 Å². The van der Waals surface area contributed by atoms with Crippen molar-refractivity contribution in [2.24, 2.45) is 0 Å². The van der Waals surface area contributed by atoms with Crippen LogP contribution in [0.15, 0.2) is 29.2 Å². The normalized spacial score (nSPS) is 12.7. The van der Waals surface area contributed by atoms with Crippen LogP contribution in [-0.2, 0) is 9.59 Å². The fraction of sp³-hybridized carbons (Fsp3) is 0.556. The Kier molecular flexibility index (Phi) is 9.07. The molecule has 5 N–H and O–H groups in total. The fourth-order valence-electron chi connectivity index (χ4n) is 2.17. The summed E-state index contributed by atoms with van der Waals surface area (Å²) in [6, 6.07) is 7.10. The predicted octanol–water partition coefficient (Wildman–Crippen LogP) is 0.239. The number of thioether (sulfide) groups is 1. The van der Waals surface area contributed by atoms with Crippen molar-refractivity contribution in [2.75, 3.05) is 25.6 Å². The van der Waals surface area contributed by atoms with E-state index in [4.69, 9.17) is 0 Å². The maximum absolute atomic E-state index is 12.5. The zero-order chi connectivity index (χ0) is 19.7. The van der Waals surface area contributed by atoms with Crippen molar-refractivity contribution in [3.8, 4) is 0 Å². The smallest absolute Gasteiger partial charge is 0.244 e. The van der Waals surface area contributed by atoms with Crippen molar-refractivity contribution < 1.29 is 24.9 Å². The van der Waals surface area contributed by atoms with Crippen LogP contribution in [0, 0.1) is 0 Å². The molecule has 1 aromatic carbocycles. The number of aliphatic hydroxyl groups excluding tert-OH is 3. The fourth-order valence-corrected chi connectivity index (χ4v) is 3.10. The van der Waals surface area contributed by atoms with Crippen molar-refractivity contribution in [3.63, 3.8) is 0 Å². The van der Waals surface area contributed by atoms with Gasteiger partial charge < -0.3 is 26.0 Å². The minimum absolute atomic E-state index is 0.269. The van der Waals surface area contributed by atoms with Gasteiger partial charge in [0.05, 0.1) is 19.8 Å². The summed E-state index contributed by atoms with van der Waals surface area (Å²) in [5.74, 6) is -0.257. The van der Waals surface area contributed by atoms with E-state index in [1.807, 2.05) is 24.3 Å². The molecule has 0 fully saturated rings. The number of amides is 2. The van der Waals surface area contributed by atoms with E-state index >= 15 is 0 Å². The molecule has 26 heavy (non-hydrogen) atoms. The Bertz CT molecular complexity index is 579. The zero-order valence-corrected chi connectivity index (χ0v) is 16.2. The molecule has 1 atom stereocenters. The molecule has 1 aromatic rings. The van der Waals surface area contributed by atoms with Crippen molar-refractivity contribution in [1.29, 1.82) is 0 Å². The van der Waals surface area contributed by atoms with E-state index in [9.17, 15) is 24.9 Å². The standard InChI is InChI=1S/C18H28N2O5S/c1-12(2)14-4-6-15(7-5-14)26-8-16(19-13(3)24)17(25)20-18(9-21,10-22)11-23/h4-7,12,16,21-23H,8-11H2,1-3H3,(H,19,24)(H,20,25). The number of aliphatic hydroxyl groups is 3. The number of rotatable bonds is 10. The van der Waals surface area contributed by atoms with Crippen LogP contribution in [0.3, 0.4) is 0 Å². The summed E-state index contributed by atoms with van der Waals surface area (Å²) in [4.78, 5) is 24.8. The molecular weight excluding hydrogens is 356 g/mol. The van der Waals surface area contributed by atoms with Gasteiger partial charge in [0.2, 0.25) is 11.8 Å². The highest BCUT2D eigenvalue weighted by atomic mass is 32.2. The van der Waals surface area contributed by atoms with E-state index in [0.29, 0.717) is 5.92 Å². The molecule has 0 heterocycles. The first kappa shape index (κ1) is 22.4. The first-order valence-corrected chi connectivity index (χ1v) is 9.40. The molecule has 0 saturated carbocycles. The number of carbonyl (C=O) groups excluding carboxylic acids is 2. The first-order chi connectivity index (χ1) is 12.3. The highest BCUT2D eigenvalue weighted by Gasteiger charge is 2.33. The van der Waals surface area contributed by atoms with Gasteiger partial charge in [0.15, 0.2) is 0 Å². The molecule has 0 aliphatic heterocycles. The molecule has 0 saturated heterocycles. The van der Waals surface area contributed by atoms with Crippen LogP contribution in [0.1, 0.15) is 32.3 Å². The van der Waals surface area contributed by atoms with Gasteiger partial charge in [-0.15, -0.1) is 11.8 Å². The van der Waals surface area contributed by atoms with Gasteiger partial charge in [0.25, 0.3) is 0 Å². The summed E-state index contributed by atoms with van der Waals surface area (Å²) in [5.41, 5.74) is -0.318. The van der Waals surface area contributed by atoms with Crippen LogP contribution in [0.4, 0.5) is 0 Å². The molecule has 0 radical (unpaired) electrons. The summed E-state index contributed by atoms with van der Waals surface area (Å²) in [6.45, 7) is 3.65. The second kappa shape index (κ2) is 10.5. The third-order valence-corrected chi connectivity index (χ3v) is 5.06. The van der Waals surface area contributed by atoms with E-state index in [2.05, 4.69) is 24.5 Å². The largest absolute Gasteiger partial charge is 0.394 e. The lowest BCUT2D eigenvalue weighted by Crippen LogP contribution is -2.61. The second-order valence-electron chi connectivity index (χ2n) is 6.53. The maximum atomic E-state index is 12.5. The number of benzene rings is 1. The summed E-state index contributed by atoms with van der Waals surface area (Å²) in [7, 11) is 0. The molecule has 1 rings (SSSR count). The summed E-state index contributed by atoms with van der Waals surface area (Å²) in [5, 5.41) is 33.0. The lowest BCUT2D eigenvalue weighted by Gasteiger charge is -2.30. The SMILES string of the molecule is CC(=O)NC(CSc1ccc(C(C)C)cc1)C(=O)NC(CO)(CO)CO. The number of hydrogen-bond acceptors (Lipinski definition) is 6. The van der Waals surface area contributed by atoms with Gasteiger partial charge in [0, 0.05) is 17.6 Å². The van der Waals surface area contributed by atoms with Gasteiger partial charge in [-0.05, 0) is 23.6 Å². The molecule has 8 heteroatoms. The zero-order valence-electron chi connectivity index (χ0n) is 15.4. The Balaban J connectivity index is 2.79. The quantitative estimate of drug-likeness (QED) is 0.369. The van der Waals surface area contributed by atoms with Crippen LogP contribution < -0.4 is 10.6 Å². The molecule has 0 aromatic heterocycles. The highest BCUT2D eigenvalue weighted by molar-refractivity contribution is 7.99. The van der Waals surface area contributed by atoms with Crippen molar-refractivity contribution in [2.45, 2.75) is 43.2 Å². The Morgan fingerprint density at radius 3 is 2.04 bits per heavy atom. The van der Waals surface area contributed by atoms with E-state index in [1.165, 1.54) is 24.2 Å². The second-order valence-corrected chi connectivity index (χ2v) is 7.63. The maximum Gasteiger partial charge on any atom is 0.244 e. The average Bonchev–Trinajstić information content (AvgIpc) is 2.63. The molecule has 7 nitrogen and oxygen atoms in total. The van der Waals surface area contributed by atoms with E-state index < -0.39 is 37.3 Å². The van der Waals surface area contributed by atoms with Crippen molar-refractivity contribution in [3.05, 3.63) is 29.8 Å². The van der Waals surface area contributed by atoms with Gasteiger partial charge in [0.1, 0.15) is 11.6 Å². The third kappa shape index (κ3) is 6.60. The number of carbonyl (C=O) groups is 2. The predicted molar refractivity (Wildman–Crippen MR) is 101 cm³/mol. The summed E-state index contributed by atoms with van der Waals surface area (Å²) >= 11 is 1.41.